The molecule has 1 heterocycles. The van der Waals surface area contributed by atoms with Crippen molar-refractivity contribution in [1.29, 1.82) is 0 Å². The third-order valence-electron chi connectivity index (χ3n) is 3.12. The van der Waals surface area contributed by atoms with Gasteiger partial charge in [0.15, 0.2) is 0 Å². The Morgan fingerprint density at radius 1 is 1.52 bits per heavy atom. The first-order valence-electron chi connectivity index (χ1n) is 6.62. The minimum absolute atomic E-state index is 0. The minimum Gasteiger partial charge on any atom is -0.490 e. The maximum absolute atomic E-state index is 12.1. The molecule has 1 amide bonds. The molecule has 21 heavy (non-hydrogen) atoms. The molecule has 0 radical (unpaired) electrons. The molecule has 1 unspecified atom stereocenters. The maximum Gasteiger partial charge on any atom is 0.241 e. The lowest BCUT2D eigenvalue weighted by atomic mass is 10.2. The smallest absolute Gasteiger partial charge is 0.241 e. The van der Waals surface area contributed by atoms with Crippen LogP contribution in [0, 0.1) is 0 Å². The molecule has 1 aromatic carbocycles. The second kappa shape index (κ2) is 9.10. The first-order valence-corrected chi connectivity index (χ1v) is 6.99. The van der Waals surface area contributed by atoms with Crippen LogP contribution in [0.25, 0.3) is 0 Å². The molecule has 0 aromatic heterocycles. The molecule has 0 saturated carbocycles. The summed E-state index contributed by atoms with van der Waals surface area (Å²) >= 11 is 5.99. The van der Waals surface area contributed by atoms with Crippen molar-refractivity contribution in [2.24, 2.45) is 0 Å². The highest BCUT2D eigenvalue weighted by atomic mass is 35.5. The fourth-order valence-corrected chi connectivity index (χ4v) is 2.14. The Labute approximate surface area is 135 Å². The van der Waals surface area contributed by atoms with Crippen LogP contribution in [0.3, 0.4) is 0 Å². The third-order valence-corrected chi connectivity index (χ3v) is 3.43. The van der Waals surface area contributed by atoms with Crippen LogP contribution in [-0.4, -0.2) is 56.8 Å². The summed E-state index contributed by atoms with van der Waals surface area (Å²) in [4.78, 5) is 13.8. The zero-order valence-corrected chi connectivity index (χ0v) is 13.5. The van der Waals surface area contributed by atoms with Crippen LogP contribution < -0.4 is 10.1 Å². The van der Waals surface area contributed by atoms with Gasteiger partial charge in [0.1, 0.15) is 18.4 Å². The van der Waals surface area contributed by atoms with Crippen molar-refractivity contribution in [3.05, 3.63) is 29.3 Å². The summed E-state index contributed by atoms with van der Waals surface area (Å²) in [5.41, 5.74) is 0. The number of likely N-dealkylation sites (N-methyl/N-ethyl adjacent to an activating group) is 1. The van der Waals surface area contributed by atoms with Gasteiger partial charge in [0.2, 0.25) is 5.91 Å². The monoisotopic (exact) mass is 334 g/mol. The van der Waals surface area contributed by atoms with Crippen molar-refractivity contribution in [3.8, 4) is 5.75 Å². The average molecular weight is 335 g/mol. The number of carbonyl (C=O) groups excluding carboxylic acids is 1. The number of rotatable bonds is 5. The molecule has 7 heteroatoms. The van der Waals surface area contributed by atoms with Gasteiger partial charge in [0, 0.05) is 13.6 Å². The van der Waals surface area contributed by atoms with E-state index in [-0.39, 0.29) is 24.4 Å². The second-order valence-electron chi connectivity index (χ2n) is 4.62. The molecule has 1 aliphatic heterocycles. The highest BCUT2D eigenvalue weighted by Crippen LogP contribution is 2.22. The predicted molar refractivity (Wildman–Crippen MR) is 84.4 cm³/mol. The molecule has 2 rings (SSSR count). The van der Waals surface area contributed by atoms with E-state index < -0.39 is 0 Å². The van der Waals surface area contributed by atoms with Gasteiger partial charge in [-0.3, -0.25) is 4.79 Å². The lowest BCUT2D eigenvalue weighted by Gasteiger charge is -2.27. The van der Waals surface area contributed by atoms with E-state index in [1.165, 1.54) is 0 Å². The summed E-state index contributed by atoms with van der Waals surface area (Å²) in [7, 11) is 1.76. The van der Waals surface area contributed by atoms with Crippen LogP contribution in [0.15, 0.2) is 24.3 Å². The normalized spacial score (nSPS) is 17.7. The third kappa shape index (κ3) is 5.36. The molecule has 1 atom stereocenters. The first-order chi connectivity index (χ1) is 9.68. The Balaban J connectivity index is 0.00000220. The zero-order valence-electron chi connectivity index (χ0n) is 11.9. The van der Waals surface area contributed by atoms with Crippen molar-refractivity contribution < 1.29 is 14.3 Å². The van der Waals surface area contributed by atoms with Gasteiger partial charge in [-0.2, -0.15) is 0 Å². The van der Waals surface area contributed by atoms with Crippen LogP contribution >= 0.6 is 24.0 Å². The van der Waals surface area contributed by atoms with Gasteiger partial charge >= 0.3 is 0 Å². The zero-order chi connectivity index (χ0) is 14.4. The highest BCUT2D eigenvalue weighted by molar-refractivity contribution is 6.32. The first kappa shape index (κ1) is 18.0. The summed E-state index contributed by atoms with van der Waals surface area (Å²) in [6.45, 7) is 2.69. The molecule has 0 aliphatic carbocycles. The number of benzene rings is 1. The SMILES string of the molecule is CN(CCOc1ccccc1Cl)C(=O)C1COCCN1.Cl. The lowest BCUT2D eigenvalue weighted by molar-refractivity contribution is -0.135. The topological polar surface area (TPSA) is 50.8 Å². The number of ether oxygens (including phenoxy) is 2. The molecule has 1 saturated heterocycles. The van der Waals surface area contributed by atoms with Crippen molar-refractivity contribution in [2.75, 3.05) is 40.0 Å². The largest absolute Gasteiger partial charge is 0.490 e. The minimum atomic E-state index is -0.255. The number of nitrogens with one attached hydrogen (secondary N) is 1. The molecule has 118 valence electrons. The van der Waals surface area contributed by atoms with Gasteiger partial charge in [-0.1, -0.05) is 23.7 Å². The van der Waals surface area contributed by atoms with E-state index in [1.54, 1.807) is 24.1 Å². The number of para-hydroxylation sites is 1. The van der Waals surface area contributed by atoms with Gasteiger partial charge in [0.25, 0.3) is 0 Å². The summed E-state index contributed by atoms with van der Waals surface area (Å²) in [6.07, 6.45) is 0. The average Bonchev–Trinajstić information content (AvgIpc) is 2.49. The number of hydrogen-bond acceptors (Lipinski definition) is 4. The van der Waals surface area contributed by atoms with Gasteiger partial charge in [0.05, 0.1) is 24.8 Å². The molecular weight excluding hydrogens is 315 g/mol. The molecule has 1 fully saturated rings. The van der Waals surface area contributed by atoms with E-state index in [0.717, 1.165) is 0 Å². The number of hydrogen-bond donors (Lipinski definition) is 1. The summed E-state index contributed by atoms with van der Waals surface area (Å²) < 4.78 is 10.9. The van der Waals surface area contributed by atoms with Crippen LogP contribution in [0.1, 0.15) is 0 Å². The quantitative estimate of drug-likeness (QED) is 0.888. The number of amides is 1. The molecule has 1 N–H and O–H groups in total. The number of halogens is 2. The fourth-order valence-electron chi connectivity index (χ4n) is 1.95. The fraction of sp³-hybridized carbons (Fsp3) is 0.500. The van der Waals surface area contributed by atoms with Crippen LogP contribution in [-0.2, 0) is 9.53 Å². The maximum atomic E-state index is 12.1. The van der Waals surface area contributed by atoms with E-state index >= 15 is 0 Å². The number of nitrogens with zero attached hydrogens (tertiary/aromatic N) is 1. The highest BCUT2D eigenvalue weighted by Gasteiger charge is 2.24. The Morgan fingerprint density at radius 2 is 2.29 bits per heavy atom. The van der Waals surface area contributed by atoms with E-state index in [4.69, 9.17) is 21.1 Å². The van der Waals surface area contributed by atoms with Crippen LogP contribution in [0.2, 0.25) is 5.02 Å². The molecule has 0 spiro atoms. The summed E-state index contributed by atoms with van der Waals surface area (Å²) in [5, 5.41) is 3.71. The van der Waals surface area contributed by atoms with Crippen molar-refractivity contribution >= 4 is 29.9 Å². The summed E-state index contributed by atoms with van der Waals surface area (Å²) in [5.74, 6) is 0.654. The van der Waals surface area contributed by atoms with Gasteiger partial charge in [-0.15, -0.1) is 12.4 Å². The van der Waals surface area contributed by atoms with E-state index in [1.807, 2.05) is 12.1 Å². The van der Waals surface area contributed by atoms with E-state index in [9.17, 15) is 4.79 Å². The number of morpholine rings is 1. The van der Waals surface area contributed by atoms with Crippen LogP contribution in [0.5, 0.6) is 5.75 Å². The van der Waals surface area contributed by atoms with Crippen molar-refractivity contribution in [2.45, 2.75) is 6.04 Å². The van der Waals surface area contributed by atoms with Crippen molar-refractivity contribution in [1.82, 2.24) is 10.2 Å². The Hall–Kier alpha value is -1.01. The van der Waals surface area contributed by atoms with Gasteiger partial charge in [-0.05, 0) is 12.1 Å². The second-order valence-corrected chi connectivity index (χ2v) is 5.03. The Kier molecular flexibility index (Phi) is 7.82. The molecule has 1 aromatic rings. The van der Waals surface area contributed by atoms with Crippen molar-refractivity contribution in [3.63, 3.8) is 0 Å². The van der Waals surface area contributed by atoms with Crippen LogP contribution in [0.4, 0.5) is 0 Å². The summed E-state index contributed by atoms with van der Waals surface area (Å²) in [6, 6.07) is 7.03. The Morgan fingerprint density at radius 3 is 2.95 bits per heavy atom. The molecule has 0 bridgehead atoms. The molecule has 5 nitrogen and oxygen atoms in total. The molecule has 1 aliphatic rings. The number of carbonyl (C=O) groups is 1. The molecular formula is C14H20Cl2N2O3. The lowest BCUT2D eigenvalue weighted by Crippen LogP contribution is -2.52. The van der Waals surface area contributed by atoms with E-state index in [0.29, 0.717) is 43.7 Å². The standard InChI is InChI=1S/C14H19ClN2O3.ClH/c1-17(14(18)12-10-19-8-6-16-12)7-9-20-13-5-3-2-4-11(13)15;/h2-5,12,16H,6-10H2,1H3;1H. The van der Waals surface area contributed by atoms with Gasteiger partial charge in [-0.25, -0.2) is 0 Å². The predicted octanol–water partition coefficient (Wildman–Crippen LogP) is 1.59. The van der Waals surface area contributed by atoms with Gasteiger partial charge < -0.3 is 19.7 Å². The Bertz CT molecular complexity index is 454. The van der Waals surface area contributed by atoms with E-state index in [2.05, 4.69) is 5.32 Å².